The Morgan fingerprint density at radius 2 is 0.622 bits per heavy atom. The van der Waals surface area contributed by atoms with Gasteiger partial charge in [-0.2, -0.15) is 0 Å². The number of rotatable bonds is 0. The Hall–Kier alpha value is -4.43. The Balaban J connectivity index is 0.000000152. The molecular weight excluding hydrogens is 671 g/mol. The number of pyridine rings is 3. The van der Waals surface area contributed by atoms with Crippen LogP contribution in [0.15, 0.2) is 91.0 Å². The second kappa shape index (κ2) is 12.0. The molecule has 0 aliphatic carbocycles. The number of nitrogens with zero attached hydrogens (tertiary/aromatic N) is 3. The van der Waals surface area contributed by atoms with Gasteiger partial charge < -0.3 is 30.6 Å². The third-order valence-electron chi connectivity index (χ3n) is 5.05. The summed E-state index contributed by atoms with van der Waals surface area (Å²) in [5, 5.41) is 57.5. The van der Waals surface area contributed by atoms with E-state index in [1.165, 1.54) is 36.4 Å². The van der Waals surface area contributed by atoms with E-state index in [-0.39, 0.29) is 61.1 Å². The predicted molar refractivity (Wildman–Crippen MR) is 145 cm³/mol. The third kappa shape index (κ3) is 6.62. The molecule has 0 fully saturated rings. The molecule has 0 unspecified atom stereocenters. The molecule has 0 saturated carbocycles. The summed E-state index contributed by atoms with van der Waals surface area (Å²) in [4.78, 5) is 11.3. The summed E-state index contributed by atoms with van der Waals surface area (Å²) >= 11 is 0. The Bertz CT molecular complexity index is 1480. The average molecular weight is 695 g/mol. The molecule has 37 heavy (non-hydrogen) atoms. The van der Waals surface area contributed by atoms with Gasteiger partial charge in [0.1, 0.15) is 33.8 Å². The molecule has 6 aromatic rings. The van der Waals surface area contributed by atoms with Crippen molar-refractivity contribution in [3.8, 4) is 34.9 Å². The van der Waals surface area contributed by atoms with Crippen LogP contribution in [0.3, 0.4) is 0 Å². The van der Waals surface area contributed by atoms with Gasteiger partial charge in [-0.25, -0.2) is 15.0 Å². The topological polar surface area (TPSA) is 160 Å². The molecule has 0 aliphatic heterocycles. The van der Waals surface area contributed by atoms with Crippen LogP contribution in [0, 0.1) is 0 Å². The number of hydrogen-bond donors (Lipinski definition) is 6. The SMILES string of the molecule is Oc1ccc2cccc(O)c2n1.Oc1ccc2cccc(O)c2n1.Oc1ccc2cccc(O)c2n1.[BiH3]. The Morgan fingerprint density at radius 1 is 0.351 bits per heavy atom. The van der Waals surface area contributed by atoms with Crippen molar-refractivity contribution in [3.63, 3.8) is 0 Å². The van der Waals surface area contributed by atoms with Crippen LogP contribution in [0.4, 0.5) is 0 Å². The zero-order chi connectivity index (χ0) is 25.7. The summed E-state index contributed by atoms with van der Waals surface area (Å²) in [7, 11) is 0. The molecule has 9 nitrogen and oxygen atoms in total. The summed E-state index contributed by atoms with van der Waals surface area (Å²) < 4.78 is 0. The van der Waals surface area contributed by atoms with E-state index in [0.29, 0.717) is 16.6 Å². The van der Waals surface area contributed by atoms with Gasteiger partial charge in [-0.1, -0.05) is 36.4 Å². The second-order valence-electron chi connectivity index (χ2n) is 7.55. The second-order valence-corrected chi connectivity index (χ2v) is 7.55. The quantitative estimate of drug-likeness (QED) is 0.130. The van der Waals surface area contributed by atoms with E-state index in [2.05, 4.69) is 15.0 Å². The van der Waals surface area contributed by atoms with E-state index in [0.717, 1.165) is 16.2 Å². The van der Waals surface area contributed by atoms with E-state index in [1.807, 2.05) is 18.2 Å². The molecule has 6 rings (SSSR count). The molecule has 10 heteroatoms. The van der Waals surface area contributed by atoms with Crippen LogP contribution in [0.25, 0.3) is 32.7 Å². The van der Waals surface area contributed by atoms with Crippen molar-refractivity contribution in [3.05, 3.63) is 91.0 Å². The molecule has 3 heterocycles. The number of phenolic OH excluding ortho intramolecular Hbond substituents is 3. The Kier molecular flexibility index (Phi) is 8.82. The van der Waals surface area contributed by atoms with E-state index in [9.17, 15) is 15.3 Å². The van der Waals surface area contributed by atoms with Crippen molar-refractivity contribution in [2.75, 3.05) is 0 Å². The zero-order valence-corrected chi connectivity index (χ0v) is 24.9. The van der Waals surface area contributed by atoms with Crippen molar-refractivity contribution in [1.29, 1.82) is 0 Å². The fourth-order valence-corrected chi connectivity index (χ4v) is 3.36. The van der Waals surface area contributed by atoms with Gasteiger partial charge in [0, 0.05) is 34.4 Å². The van der Waals surface area contributed by atoms with Gasteiger partial charge in [-0.15, -0.1) is 0 Å². The molecule has 3 aromatic heterocycles. The fraction of sp³-hybridized carbons (Fsp3) is 0. The third-order valence-corrected chi connectivity index (χ3v) is 5.05. The predicted octanol–water partition coefficient (Wildman–Crippen LogP) is 3.75. The average Bonchev–Trinajstić information content (AvgIpc) is 2.87. The van der Waals surface area contributed by atoms with Gasteiger partial charge in [0.15, 0.2) is 0 Å². The van der Waals surface area contributed by atoms with E-state index >= 15 is 0 Å². The maximum absolute atomic E-state index is 9.32. The van der Waals surface area contributed by atoms with Crippen molar-refractivity contribution in [1.82, 2.24) is 15.0 Å². The molecule has 0 bridgehead atoms. The molecule has 0 amide bonds. The molecule has 0 aliphatic rings. The molecule has 6 N–H and O–H groups in total. The van der Waals surface area contributed by atoms with Gasteiger partial charge in [0.25, 0.3) is 0 Å². The summed E-state index contributed by atoms with van der Waals surface area (Å²) in [6, 6.07) is 24.9. The first-order valence-corrected chi connectivity index (χ1v) is 10.6. The number of fused-ring (bicyclic) bond motifs is 3. The zero-order valence-electron chi connectivity index (χ0n) is 19.4. The Labute approximate surface area is 229 Å². The number of phenols is 3. The van der Waals surface area contributed by atoms with Crippen LogP contribution in [0.2, 0.25) is 0 Å². The van der Waals surface area contributed by atoms with Crippen molar-refractivity contribution in [2.45, 2.75) is 0 Å². The van der Waals surface area contributed by atoms with Crippen molar-refractivity contribution in [2.24, 2.45) is 0 Å². The molecule has 0 spiro atoms. The minimum absolute atomic E-state index is 0. The normalized spacial score (nSPS) is 10.1. The van der Waals surface area contributed by atoms with Gasteiger partial charge >= 0.3 is 26.2 Å². The molecule has 3 aromatic carbocycles. The summed E-state index contributed by atoms with van der Waals surface area (Å²) in [5.74, 6) is 0.0206. The van der Waals surface area contributed by atoms with E-state index in [4.69, 9.17) is 15.3 Å². The number of para-hydroxylation sites is 3. The number of aromatic nitrogens is 3. The first-order chi connectivity index (χ1) is 17.3. The summed E-state index contributed by atoms with van der Waals surface area (Å²) in [6.07, 6.45) is 0. The summed E-state index contributed by atoms with van der Waals surface area (Å²) in [6.45, 7) is 0. The van der Waals surface area contributed by atoms with E-state index < -0.39 is 0 Å². The Morgan fingerprint density at radius 3 is 0.892 bits per heavy atom. The molecule has 0 radical (unpaired) electrons. The first kappa shape index (κ1) is 27.2. The molecule has 0 saturated heterocycles. The van der Waals surface area contributed by atoms with Crippen LogP contribution in [-0.4, -0.2) is 71.8 Å². The maximum atomic E-state index is 9.32. The fourth-order valence-electron chi connectivity index (χ4n) is 3.36. The molecule has 188 valence electrons. The number of aromatic hydroxyl groups is 6. The van der Waals surface area contributed by atoms with Crippen molar-refractivity contribution < 1.29 is 30.6 Å². The first-order valence-electron chi connectivity index (χ1n) is 10.6. The number of benzene rings is 3. The van der Waals surface area contributed by atoms with Gasteiger partial charge in [0.05, 0.1) is 0 Å². The van der Waals surface area contributed by atoms with Gasteiger partial charge in [0.2, 0.25) is 17.6 Å². The van der Waals surface area contributed by atoms with Crippen LogP contribution in [0.5, 0.6) is 34.9 Å². The van der Waals surface area contributed by atoms with Crippen molar-refractivity contribution >= 4 is 58.9 Å². The monoisotopic (exact) mass is 695 g/mol. The van der Waals surface area contributed by atoms with Crippen LogP contribution in [0.1, 0.15) is 0 Å². The van der Waals surface area contributed by atoms with Gasteiger partial charge in [-0.05, 0) is 36.4 Å². The van der Waals surface area contributed by atoms with E-state index in [1.54, 1.807) is 36.4 Å². The molecular formula is C27H24BiN3O6. The van der Waals surface area contributed by atoms with Crippen LogP contribution in [-0.2, 0) is 0 Å². The summed E-state index contributed by atoms with van der Waals surface area (Å²) in [5.41, 5.74) is 1.28. The minimum atomic E-state index is -0.0796. The number of hydrogen-bond acceptors (Lipinski definition) is 9. The molecule has 0 atom stereocenters. The van der Waals surface area contributed by atoms with Crippen LogP contribution >= 0.6 is 0 Å². The standard InChI is InChI=1S/3C9H7NO2.Bi.3H/c3*11-7-3-1-2-6-4-5-8(12)10-9(6)7;;;;/h3*1-5,11H,(H,10,12);;;;. The van der Waals surface area contributed by atoms with Gasteiger partial charge in [-0.3, -0.25) is 0 Å². The van der Waals surface area contributed by atoms with Crippen LogP contribution < -0.4 is 0 Å².